The minimum Gasteiger partial charge on any atom is -0.454 e. The predicted octanol–water partition coefficient (Wildman–Crippen LogP) is 1.09. The van der Waals surface area contributed by atoms with E-state index in [0.717, 1.165) is 4.90 Å². The lowest BCUT2D eigenvalue weighted by atomic mass is 10.1. The molecule has 34 heavy (non-hydrogen) atoms. The van der Waals surface area contributed by atoms with Crippen molar-refractivity contribution in [2.75, 3.05) is 49.7 Å². The Kier molecular flexibility index (Phi) is 7.41. The molecule has 2 aromatic rings. The standard InChI is InChI=1S/C23H25N5O5S/c1-34-14-7-18(28-20(30)16-5-2-3-6-17(16)21(28)31)22(32)33-15-19(29)26-10-12-27(13-11-26)23-24-8-4-9-25-23/h2-6,8-9,18H,7,10-15H2,1H3/t18-/m0/s1. The van der Waals surface area contributed by atoms with Gasteiger partial charge in [0, 0.05) is 38.6 Å². The number of ether oxygens (including phenoxy) is 1. The van der Waals surface area contributed by atoms with Crippen LogP contribution in [-0.4, -0.2) is 94.3 Å². The number of thioether (sulfide) groups is 1. The van der Waals surface area contributed by atoms with Gasteiger partial charge in [0.2, 0.25) is 5.95 Å². The van der Waals surface area contributed by atoms with Crippen LogP contribution in [0.3, 0.4) is 0 Å². The van der Waals surface area contributed by atoms with Crippen molar-refractivity contribution in [2.45, 2.75) is 12.5 Å². The first-order chi connectivity index (χ1) is 16.5. The molecule has 0 bridgehead atoms. The van der Waals surface area contributed by atoms with E-state index in [2.05, 4.69) is 9.97 Å². The molecular formula is C23H25N5O5S. The fraction of sp³-hybridized carbons (Fsp3) is 0.391. The van der Waals surface area contributed by atoms with Crippen molar-refractivity contribution in [3.63, 3.8) is 0 Å². The van der Waals surface area contributed by atoms with Gasteiger partial charge in [-0.1, -0.05) is 12.1 Å². The molecule has 11 heteroatoms. The Balaban J connectivity index is 1.35. The summed E-state index contributed by atoms with van der Waals surface area (Å²) in [6.07, 6.45) is 5.45. The first-order valence-corrected chi connectivity index (χ1v) is 12.3. The molecule has 1 saturated heterocycles. The number of hydrogen-bond donors (Lipinski definition) is 0. The topological polar surface area (TPSA) is 113 Å². The van der Waals surface area contributed by atoms with Crippen LogP contribution in [0.1, 0.15) is 27.1 Å². The van der Waals surface area contributed by atoms with E-state index in [1.165, 1.54) is 11.8 Å². The molecule has 0 aliphatic carbocycles. The molecular weight excluding hydrogens is 458 g/mol. The minimum atomic E-state index is -1.08. The van der Waals surface area contributed by atoms with Crippen LogP contribution in [0.4, 0.5) is 5.95 Å². The van der Waals surface area contributed by atoms with Crippen molar-refractivity contribution < 1.29 is 23.9 Å². The van der Waals surface area contributed by atoms with E-state index >= 15 is 0 Å². The molecule has 0 radical (unpaired) electrons. The van der Waals surface area contributed by atoms with Gasteiger partial charge in [0.15, 0.2) is 6.61 Å². The van der Waals surface area contributed by atoms with Crippen LogP contribution in [0.2, 0.25) is 0 Å². The molecule has 1 aromatic heterocycles. The smallest absolute Gasteiger partial charge is 0.329 e. The van der Waals surface area contributed by atoms with Gasteiger partial charge in [-0.05, 0) is 36.6 Å². The predicted molar refractivity (Wildman–Crippen MR) is 126 cm³/mol. The second-order valence-electron chi connectivity index (χ2n) is 7.85. The summed E-state index contributed by atoms with van der Waals surface area (Å²) < 4.78 is 5.31. The van der Waals surface area contributed by atoms with E-state index in [0.29, 0.717) is 37.9 Å². The summed E-state index contributed by atoms with van der Waals surface area (Å²) in [4.78, 5) is 64.3. The van der Waals surface area contributed by atoms with Gasteiger partial charge in [-0.15, -0.1) is 0 Å². The SMILES string of the molecule is CSCC[C@@H](C(=O)OCC(=O)N1CCN(c2ncccn2)CC1)N1C(=O)c2ccccc2C1=O. The van der Waals surface area contributed by atoms with E-state index in [-0.39, 0.29) is 23.5 Å². The highest BCUT2D eigenvalue weighted by atomic mass is 32.2. The maximum atomic E-state index is 12.9. The molecule has 0 saturated carbocycles. The summed E-state index contributed by atoms with van der Waals surface area (Å²) in [6, 6.07) is 7.13. The number of carbonyl (C=O) groups is 4. The van der Waals surface area contributed by atoms with E-state index < -0.39 is 30.4 Å². The molecule has 4 rings (SSSR count). The second-order valence-corrected chi connectivity index (χ2v) is 8.83. The highest BCUT2D eigenvalue weighted by Crippen LogP contribution is 2.26. The average Bonchev–Trinajstić information content (AvgIpc) is 3.13. The molecule has 178 valence electrons. The van der Waals surface area contributed by atoms with Crippen molar-refractivity contribution >= 4 is 41.4 Å². The van der Waals surface area contributed by atoms with Crippen LogP contribution >= 0.6 is 11.8 Å². The largest absolute Gasteiger partial charge is 0.454 e. The van der Waals surface area contributed by atoms with Crippen molar-refractivity contribution in [3.05, 3.63) is 53.9 Å². The number of amides is 3. The average molecular weight is 484 g/mol. The number of esters is 1. The van der Waals surface area contributed by atoms with Gasteiger partial charge in [0.1, 0.15) is 6.04 Å². The molecule has 1 aromatic carbocycles. The van der Waals surface area contributed by atoms with Crippen molar-refractivity contribution in [1.82, 2.24) is 19.8 Å². The summed E-state index contributed by atoms with van der Waals surface area (Å²) in [6.45, 7) is 1.58. The van der Waals surface area contributed by atoms with Crippen molar-refractivity contribution in [3.8, 4) is 0 Å². The van der Waals surface area contributed by atoms with Gasteiger partial charge in [0.25, 0.3) is 17.7 Å². The zero-order valence-corrected chi connectivity index (χ0v) is 19.6. The van der Waals surface area contributed by atoms with Crippen LogP contribution in [0, 0.1) is 0 Å². The maximum Gasteiger partial charge on any atom is 0.329 e. The van der Waals surface area contributed by atoms with Crippen molar-refractivity contribution in [1.29, 1.82) is 0 Å². The highest BCUT2D eigenvalue weighted by molar-refractivity contribution is 7.98. The summed E-state index contributed by atoms with van der Waals surface area (Å²) in [5.41, 5.74) is 0.539. The Morgan fingerprint density at radius 2 is 1.62 bits per heavy atom. The fourth-order valence-corrected chi connectivity index (χ4v) is 4.46. The molecule has 2 aliphatic rings. The van der Waals surface area contributed by atoms with Gasteiger partial charge in [0.05, 0.1) is 11.1 Å². The zero-order chi connectivity index (χ0) is 24.1. The first kappa shape index (κ1) is 23.7. The number of anilines is 1. The molecule has 3 heterocycles. The monoisotopic (exact) mass is 483 g/mol. The van der Waals surface area contributed by atoms with E-state index in [1.807, 2.05) is 11.2 Å². The molecule has 10 nitrogen and oxygen atoms in total. The van der Waals surface area contributed by atoms with Gasteiger partial charge < -0.3 is 14.5 Å². The number of carbonyl (C=O) groups excluding carboxylic acids is 4. The minimum absolute atomic E-state index is 0.245. The normalized spacial score (nSPS) is 16.4. The third kappa shape index (κ3) is 4.89. The Morgan fingerprint density at radius 1 is 1.00 bits per heavy atom. The van der Waals surface area contributed by atoms with E-state index in [1.54, 1.807) is 47.6 Å². The number of imide groups is 1. The molecule has 1 atom stereocenters. The number of aromatic nitrogens is 2. The van der Waals surface area contributed by atoms with E-state index in [4.69, 9.17) is 4.74 Å². The number of nitrogens with zero attached hydrogens (tertiary/aromatic N) is 5. The van der Waals surface area contributed by atoms with Gasteiger partial charge in [-0.2, -0.15) is 11.8 Å². The van der Waals surface area contributed by atoms with E-state index in [9.17, 15) is 19.2 Å². The number of hydrogen-bond acceptors (Lipinski definition) is 9. The molecule has 0 spiro atoms. The molecule has 0 N–H and O–H groups in total. The Labute approximate surface area is 201 Å². The number of benzene rings is 1. The number of fused-ring (bicyclic) bond motifs is 1. The molecule has 0 unspecified atom stereocenters. The van der Waals surface area contributed by atoms with Crippen LogP contribution in [0.5, 0.6) is 0 Å². The Hall–Kier alpha value is -3.47. The van der Waals surface area contributed by atoms with Crippen LogP contribution in [0.15, 0.2) is 42.7 Å². The summed E-state index contributed by atoms with van der Waals surface area (Å²) in [5, 5.41) is 0. The van der Waals surface area contributed by atoms with Gasteiger partial charge >= 0.3 is 5.97 Å². The quantitative estimate of drug-likeness (QED) is 0.402. The first-order valence-electron chi connectivity index (χ1n) is 10.9. The maximum absolute atomic E-state index is 12.9. The zero-order valence-electron chi connectivity index (χ0n) is 18.8. The van der Waals surface area contributed by atoms with Crippen molar-refractivity contribution in [2.24, 2.45) is 0 Å². The van der Waals surface area contributed by atoms with Gasteiger partial charge in [-0.25, -0.2) is 14.8 Å². The van der Waals surface area contributed by atoms with Crippen LogP contribution in [-0.2, 0) is 14.3 Å². The lowest BCUT2D eigenvalue weighted by molar-refractivity contribution is -0.155. The number of piperazine rings is 1. The lowest BCUT2D eigenvalue weighted by Gasteiger charge is -2.34. The highest BCUT2D eigenvalue weighted by Gasteiger charge is 2.43. The third-order valence-corrected chi connectivity index (χ3v) is 6.45. The summed E-state index contributed by atoms with van der Waals surface area (Å²) in [7, 11) is 0. The lowest BCUT2D eigenvalue weighted by Crippen LogP contribution is -2.51. The Bertz CT molecular complexity index is 1040. The van der Waals surface area contributed by atoms with Gasteiger partial charge in [-0.3, -0.25) is 19.3 Å². The van der Waals surface area contributed by atoms with Crippen LogP contribution in [0.25, 0.3) is 0 Å². The summed E-state index contributed by atoms with van der Waals surface area (Å²) >= 11 is 1.49. The molecule has 2 aliphatic heterocycles. The third-order valence-electron chi connectivity index (χ3n) is 5.81. The van der Waals surface area contributed by atoms with Crippen LogP contribution < -0.4 is 4.90 Å². The second kappa shape index (κ2) is 10.6. The molecule has 1 fully saturated rings. The molecule has 3 amide bonds. The summed E-state index contributed by atoms with van der Waals surface area (Å²) in [5.74, 6) is -0.965. The Morgan fingerprint density at radius 3 is 2.21 bits per heavy atom. The fourth-order valence-electron chi connectivity index (χ4n) is 4.00. The number of rotatable bonds is 8.